The van der Waals surface area contributed by atoms with Crippen LogP contribution in [-0.4, -0.2) is 21.7 Å². The fraction of sp³-hybridized carbons (Fsp3) is 0.250. The number of urea groups is 1. The first-order valence-corrected chi connectivity index (χ1v) is 5.62. The van der Waals surface area contributed by atoms with E-state index in [9.17, 15) is 9.59 Å². The fourth-order valence-corrected chi connectivity index (χ4v) is 1.55. The smallest absolute Gasteiger partial charge is 0.334 e. The summed E-state index contributed by atoms with van der Waals surface area (Å²) in [5.74, 6) is 0. The second-order valence-electron chi connectivity index (χ2n) is 4.18. The zero-order valence-corrected chi connectivity index (χ0v) is 10.2. The molecule has 18 heavy (non-hydrogen) atoms. The van der Waals surface area contributed by atoms with Crippen molar-refractivity contribution in [1.82, 2.24) is 15.0 Å². The Kier molecular flexibility index (Phi) is 3.27. The number of benzene rings is 1. The Morgan fingerprint density at radius 3 is 2.78 bits per heavy atom. The first-order chi connectivity index (χ1) is 8.58. The van der Waals surface area contributed by atoms with Crippen LogP contribution in [0.2, 0.25) is 0 Å². The third-order valence-electron chi connectivity index (χ3n) is 2.31. The molecule has 2 N–H and O–H groups in total. The highest BCUT2D eigenvalue weighted by atomic mass is 16.2. The van der Waals surface area contributed by atoms with Gasteiger partial charge in [0, 0.05) is 6.04 Å². The monoisotopic (exact) mass is 246 g/mol. The SMILES string of the molecule is CC(C)NC(=O)Nn1cnc2ccccc2c1=O. The Bertz CT molecular complexity index is 633. The molecule has 1 aromatic heterocycles. The Hall–Kier alpha value is -2.37. The van der Waals surface area contributed by atoms with Crippen LogP contribution in [0, 0.1) is 0 Å². The van der Waals surface area contributed by atoms with Crippen LogP contribution in [-0.2, 0) is 0 Å². The fourth-order valence-electron chi connectivity index (χ4n) is 1.55. The maximum absolute atomic E-state index is 12.0. The van der Waals surface area contributed by atoms with E-state index in [0.29, 0.717) is 10.9 Å². The van der Waals surface area contributed by atoms with Gasteiger partial charge in [0.25, 0.3) is 5.56 Å². The molecule has 6 heteroatoms. The highest BCUT2D eigenvalue weighted by Gasteiger charge is 2.06. The molecule has 94 valence electrons. The maximum atomic E-state index is 12.0. The van der Waals surface area contributed by atoms with Crippen molar-refractivity contribution in [2.24, 2.45) is 0 Å². The van der Waals surface area contributed by atoms with Crippen LogP contribution in [0.5, 0.6) is 0 Å². The summed E-state index contributed by atoms with van der Waals surface area (Å²) in [6.45, 7) is 3.67. The highest BCUT2D eigenvalue weighted by Crippen LogP contribution is 2.03. The lowest BCUT2D eigenvalue weighted by molar-refractivity contribution is 0.247. The number of carbonyl (C=O) groups is 1. The molecule has 2 rings (SSSR count). The van der Waals surface area contributed by atoms with E-state index in [-0.39, 0.29) is 11.6 Å². The summed E-state index contributed by atoms with van der Waals surface area (Å²) in [7, 11) is 0. The van der Waals surface area contributed by atoms with Gasteiger partial charge in [-0.25, -0.2) is 19.9 Å². The van der Waals surface area contributed by atoms with Crippen molar-refractivity contribution in [1.29, 1.82) is 0 Å². The van der Waals surface area contributed by atoms with Crippen molar-refractivity contribution >= 4 is 16.9 Å². The third-order valence-corrected chi connectivity index (χ3v) is 2.31. The molecule has 0 aliphatic heterocycles. The quantitative estimate of drug-likeness (QED) is 0.831. The molecule has 0 bridgehead atoms. The summed E-state index contributed by atoms with van der Waals surface area (Å²) in [4.78, 5) is 27.6. The standard InChI is InChI=1S/C12H14N4O2/c1-8(2)14-12(18)15-16-7-13-10-6-4-3-5-9(10)11(16)17/h3-8H,1-2H3,(H2,14,15,18). The molecule has 0 radical (unpaired) electrons. The predicted octanol–water partition coefficient (Wildman–Crippen LogP) is 1.06. The average Bonchev–Trinajstić information content (AvgIpc) is 2.32. The van der Waals surface area contributed by atoms with Crippen molar-refractivity contribution in [3.8, 4) is 0 Å². The minimum absolute atomic E-state index is 0.00545. The van der Waals surface area contributed by atoms with Crippen LogP contribution >= 0.6 is 0 Å². The number of rotatable bonds is 2. The van der Waals surface area contributed by atoms with Gasteiger partial charge in [-0.15, -0.1) is 0 Å². The van der Waals surface area contributed by atoms with Gasteiger partial charge in [0.1, 0.15) is 6.33 Å². The molecule has 0 saturated carbocycles. The van der Waals surface area contributed by atoms with E-state index in [2.05, 4.69) is 15.7 Å². The minimum atomic E-state index is -0.441. The lowest BCUT2D eigenvalue weighted by atomic mass is 10.2. The summed E-state index contributed by atoms with van der Waals surface area (Å²) in [5, 5.41) is 3.09. The van der Waals surface area contributed by atoms with Gasteiger partial charge in [0.15, 0.2) is 0 Å². The molecule has 0 saturated heterocycles. The number of nitrogens with zero attached hydrogens (tertiary/aromatic N) is 2. The van der Waals surface area contributed by atoms with E-state index in [1.54, 1.807) is 24.3 Å². The topological polar surface area (TPSA) is 76.0 Å². The first-order valence-electron chi connectivity index (χ1n) is 5.62. The number of carbonyl (C=O) groups excluding carboxylic acids is 1. The molecule has 0 atom stereocenters. The summed E-state index contributed by atoms with van der Waals surface area (Å²) in [5.41, 5.74) is 2.72. The number of hydrogen-bond acceptors (Lipinski definition) is 3. The van der Waals surface area contributed by atoms with E-state index in [0.717, 1.165) is 4.68 Å². The van der Waals surface area contributed by atoms with Crippen molar-refractivity contribution in [3.05, 3.63) is 40.9 Å². The van der Waals surface area contributed by atoms with Gasteiger partial charge in [-0.05, 0) is 26.0 Å². The normalized spacial score (nSPS) is 10.6. The van der Waals surface area contributed by atoms with Crippen molar-refractivity contribution < 1.29 is 4.79 Å². The van der Waals surface area contributed by atoms with E-state index >= 15 is 0 Å². The molecular formula is C12H14N4O2. The Morgan fingerprint density at radius 1 is 1.33 bits per heavy atom. The number of nitrogens with one attached hydrogen (secondary N) is 2. The lowest BCUT2D eigenvalue weighted by Gasteiger charge is -2.11. The van der Waals surface area contributed by atoms with Crippen LogP contribution in [0.25, 0.3) is 10.9 Å². The maximum Gasteiger partial charge on any atom is 0.334 e. The molecule has 0 unspecified atom stereocenters. The number of para-hydroxylation sites is 1. The lowest BCUT2D eigenvalue weighted by Crippen LogP contribution is -2.42. The number of fused-ring (bicyclic) bond motifs is 1. The van der Waals surface area contributed by atoms with E-state index in [1.165, 1.54) is 6.33 Å². The summed E-state index contributed by atoms with van der Waals surface area (Å²) in [6, 6.07) is 6.53. The van der Waals surface area contributed by atoms with Crippen LogP contribution in [0.4, 0.5) is 4.79 Å². The largest absolute Gasteiger partial charge is 0.335 e. The van der Waals surface area contributed by atoms with Gasteiger partial charge in [-0.2, -0.15) is 0 Å². The van der Waals surface area contributed by atoms with Crippen molar-refractivity contribution in [3.63, 3.8) is 0 Å². The molecule has 0 aliphatic rings. The Labute approximate surface area is 104 Å². The summed E-state index contributed by atoms with van der Waals surface area (Å²) in [6.07, 6.45) is 1.30. The van der Waals surface area contributed by atoms with E-state index in [4.69, 9.17) is 0 Å². The summed E-state index contributed by atoms with van der Waals surface area (Å²) < 4.78 is 1.07. The average molecular weight is 246 g/mol. The number of amides is 2. The van der Waals surface area contributed by atoms with Crippen molar-refractivity contribution in [2.45, 2.75) is 19.9 Å². The highest BCUT2D eigenvalue weighted by molar-refractivity contribution is 5.83. The molecule has 1 heterocycles. The van der Waals surface area contributed by atoms with E-state index in [1.807, 2.05) is 13.8 Å². The third kappa shape index (κ3) is 2.48. The van der Waals surface area contributed by atoms with Crippen molar-refractivity contribution in [2.75, 3.05) is 5.43 Å². The van der Waals surface area contributed by atoms with Gasteiger partial charge in [0.2, 0.25) is 0 Å². The molecule has 0 spiro atoms. The number of aromatic nitrogens is 2. The molecule has 0 aliphatic carbocycles. The minimum Gasteiger partial charge on any atom is -0.335 e. The van der Waals surface area contributed by atoms with Crippen LogP contribution in [0.15, 0.2) is 35.4 Å². The molecule has 2 amide bonds. The summed E-state index contributed by atoms with van der Waals surface area (Å²) >= 11 is 0. The van der Waals surface area contributed by atoms with Gasteiger partial charge < -0.3 is 5.32 Å². The predicted molar refractivity (Wildman–Crippen MR) is 69.0 cm³/mol. The van der Waals surface area contributed by atoms with Gasteiger partial charge in [0.05, 0.1) is 10.9 Å². The Morgan fingerprint density at radius 2 is 2.06 bits per heavy atom. The second-order valence-corrected chi connectivity index (χ2v) is 4.18. The molecule has 1 aromatic carbocycles. The number of hydrogen-bond donors (Lipinski definition) is 2. The van der Waals surface area contributed by atoms with Crippen LogP contribution < -0.4 is 16.3 Å². The zero-order valence-electron chi connectivity index (χ0n) is 10.2. The van der Waals surface area contributed by atoms with E-state index < -0.39 is 6.03 Å². The molecular weight excluding hydrogens is 232 g/mol. The molecule has 6 nitrogen and oxygen atoms in total. The van der Waals surface area contributed by atoms with Gasteiger partial charge >= 0.3 is 6.03 Å². The van der Waals surface area contributed by atoms with Crippen LogP contribution in [0.3, 0.4) is 0 Å². The Balaban J connectivity index is 2.32. The molecule has 2 aromatic rings. The zero-order chi connectivity index (χ0) is 13.1. The molecule has 0 fully saturated rings. The first kappa shape index (κ1) is 12.1. The second kappa shape index (κ2) is 4.87. The van der Waals surface area contributed by atoms with Gasteiger partial charge in [-0.3, -0.25) is 4.79 Å². The van der Waals surface area contributed by atoms with Gasteiger partial charge in [-0.1, -0.05) is 12.1 Å². The van der Waals surface area contributed by atoms with Crippen LogP contribution in [0.1, 0.15) is 13.8 Å².